The molecule has 0 radical (unpaired) electrons. The molecule has 1 heterocycles. The normalized spacial score (nSPS) is 24.9. The lowest BCUT2D eigenvalue weighted by molar-refractivity contribution is 0.00965. The third-order valence-electron chi connectivity index (χ3n) is 5.82. The van der Waals surface area contributed by atoms with Crippen molar-refractivity contribution in [3.63, 3.8) is 0 Å². The van der Waals surface area contributed by atoms with Crippen LogP contribution >= 0.6 is 0 Å². The van der Waals surface area contributed by atoms with Crippen LogP contribution in [0.2, 0.25) is 0 Å². The quantitative estimate of drug-likeness (QED) is 0.899. The molecule has 0 aliphatic heterocycles. The summed E-state index contributed by atoms with van der Waals surface area (Å²) in [7, 11) is 0. The zero-order chi connectivity index (χ0) is 14.7. The Morgan fingerprint density at radius 1 is 1.19 bits per heavy atom. The third kappa shape index (κ3) is 3.50. The van der Waals surface area contributed by atoms with Gasteiger partial charge < -0.3 is 5.11 Å². The van der Waals surface area contributed by atoms with E-state index in [0.29, 0.717) is 6.04 Å². The number of aromatic nitrogens is 2. The molecule has 3 rings (SSSR count). The van der Waals surface area contributed by atoms with Gasteiger partial charge in [0, 0.05) is 12.6 Å². The summed E-state index contributed by atoms with van der Waals surface area (Å²) in [5.74, 6) is 0. The molecule has 1 N–H and O–H groups in total. The molecule has 2 aliphatic rings. The van der Waals surface area contributed by atoms with Crippen LogP contribution in [0.3, 0.4) is 0 Å². The molecular weight excluding hydrogens is 260 g/mol. The van der Waals surface area contributed by atoms with Gasteiger partial charge in [-0.1, -0.05) is 45.4 Å². The van der Waals surface area contributed by atoms with Gasteiger partial charge in [0.1, 0.15) is 0 Å². The Balaban J connectivity index is 1.61. The fourth-order valence-electron chi connectivity index (χ4n) is 4.17. The fraction of sp³-hybridized carbons (Fsp3) is 0.833. The first kappa shape index (κ1) is 15.1. The molecule has 2 saturated carbocycles. The lowest BCUT2D eigenvalue weighted by Crippen LogP contribution is -2.36. The van der Waals surface area contributed by atoms with Gasteiger partial charge in [0.2, 0.25) is 0 Å². The first-order chi connectivity index (χ1) is 10.2. The van der Waals surface area contributed by atoms with Crippen LogP contribution in [0.25, 0.3) is 0 Å². The number of hydrogen-bond donors (Lipinski definition) is 1. The van der Waals surface area contributed by atoms with Crippen LogP contribution in [0.1, 0.15) is 82.9 Å². The van der Waals surface area contributed by atoms with E-state index in [-0.39, 0.29) is 11.5 Å². The molecule has 0 amide bonds. The highest BCUT2D eigenvalue weighted by Crippen LogP contribution is 2.39. The smallest absolute Gasteiger partial charge is 0.0650 e. The second kappa shape index (κ2) is 6.51. The number of nitrogens with zero attached hydrogens (tertiary/aromatic N) is 2. The van der Waals surface area contributed by atoms with E-state index in [2.05, 4.69) is 23.9 Å². The maximum atomic E-state index is 10.7. The third-order valence-corrected chi connectivity index (χ3v) is 5.82. The lowest BCUT2D eigenvalue weighted by atomic mass is 9.71. The molecule has 3 heteroatoms. The van der Waals surface area contributed by atoms with Gasteiger partial charge in [-0.3, -0.25) is 4.68 Å². The average Bonchev–Trinajstić information content (AvgIpc) is 2.97. The van der Waals surface area contributed by atoms with Crippen molar-refractivity contribution in [3.8, 4) is 0 Å². The predicted octanol–water partition coefficient (Wildman–Crippen LogP) is 4.26. The van der Waals surface area contributed by atoms with Crippen molar-refractivity contribution in [2.24, 2.45) is 5.41 Å². The minimum atomic E-state index is -0.243. The standard InChI is InChI=1S/C18H30N2O/c1-18(11-6-3-7-12-18)17(21)14-15-10-13-20(19-15)16-8-4-2-5-9-16/h10,13,16-17,21H,2-9,11-12,14H2,1H3. The molecule has 1 unspecified atom stereocenters. The van der Waals surface area contributed by atoms with Crippen LogP contribution in [-0.2, 0) is 6.42 Å². The van der Waals surface area contributed by atoms with E-state index in [1.54, 1.807) is 0 Å². The Kier molecular flexibility index (Phi) is 4.68. The molecule has 2 aliphatic carbocycles. The highest BCUT2D eigenvalue weighted by atomic mass is 16.3. The first-order valence-corrected chi connectivity index (χ1v) is 8.89. The van der Waals surface area contributed by atoms with Crippen LogP contribution in [0.15, 0.2) is 12.3 Å². The largest absolute Gasteiger partial charge is 0.392 e. The van der Waals surface area contributed by atoms with Gasteiger partial charge in [-0.25, -0.2) is 0 Å². The van der Waals surface area contributed by atoms with Crippen LogP contribution < -0.4 is 0 Å². The molecule has 0 bridgehead atoms. The number of hydrogen-bond acceptors (Lipinski definition) is 2. The molecule has 1 aromatic heterocycles. The lowest BCUT2D eigenvalue weighted by Gasteiger charge is -2.37. The maximum Gasteiger partial charge on any atom is 0.0650 e. The predicted molar refractivity (Wildman–Crippen MR) is 85.3 cm³/mol. The summed E-state index contributed by atoms with van der Waals surface area (Å²) in [5, 5.41) is 15.4. The van der Waals surface area contributed by atoms with Gasteiger partial charge in [0.15, 0.2) is 0 Å². The van der Waals surface area contributed by atoms with E-state index in [4.69, 9.17) is 5.10 Å². The second-order valence-electron chi connectivity index (χ2n) is 7.51. The Labute approximate surface area is 128 Å². The molecule has 1 aromatic rings. The molecule has 118 valence electrons. The molecule has 0 saturated heterocycles. The minimum Gasteiger partial charge on any atom is -0.392 e. The summed E-state index contributed by atoms with van der Waals surface area (Å²) in [4.78, 5) is 0. The number of aliphatic hydroxyl groups is 1. The Morgan fingerprint density at radius 3 is 2.57 bits per heavy atom. The van der Waals surface area contributed by atoms with Crippen molar-refractivity contribution in [1.82, 2.24) is 9.78 Å². The Morgan fingerprint density at radius 2 is 1.86 bits per heavy atom. The van der Waals surface area contributed by atoms with Crippen molar-refractivity contribution in [2.45, 2.75) is 89.7 Å². The van der Waals surface area contributed by atoms with Gasteiger partial charge in [-0.05, 0) is 37.2 Å². The highest BCUT2D eigenvalue weighted by Gasteiger charge is 2.34. The SMILES string of the molecule is CC1(C(O)Cc2ccn(C3CCCCC3)n2)CCCCC1. The summed E-state index contributed by atoms with van der Waals surface area (Å²) in [6.07, 6.45) is 15.4. The van der Waals surface area contributed by atoms with Crippen molar-refractivity contribution < 1.29 is 5.11 Å². The summed E-state index contributed by atoms with van der Waals surface area (Å²) in [6.45, 7) is 2.26. The maximum absolute atomic E-state index is 10.7. The Bertz CT molecular complexity index is 442. The zero-order valence-electron chi connectivity index (χ0n) is 13.4. The molecule has 3 nitrogen and oxygen atoms in total. The van der Waals surface area contributed by atoms with Gasteiger partial charge in [-0.2, -0.15) is 5.10 Å². The summed E-state index contributed by atoms with van der Waals surface area (Å²) >= 11 is 0. The number of aliphatic hydroxyl groups excluding tert-OH is 1. The molecule has 0 aromatic carbocycles. The van der Waals surface area contributed by atoms with Crippen LogP contribution in [0.4, 0.5) is 0 Å². The average molecular weight is 290 g/mol. The van der Waals surface area contributed by atoms with Crippen molar-refractivity contribution in [3.05, 3.63) is 18.0 Å². The number of rotatable bonds is 4. The van der Waals surface area contributed by atoms with Crippen molar-refractivity contribution in [2.75, 3.05) is 0 Å². The molecular formula is C18H30N2O. The van der Waals surface area contributed by atoms with E-state index < -0.39 is 0 Å². The molecule has 0 spiro atoms. The van der Waals surface area contributed by atoms with E-state index in [0.717, 1.165) is 25.0 Å². The van der Waals surface area contributed by atoms with Gasteiger partial charge >= 0.3 is 0 Å². The van der Waals surface area contributed by atoms with Gasteiger partial charge in [0.05, 0.1) is 17.8 Å². The van der Waals surface area contributed by atoms with E-state index >= 15 is 0 Å². The second-order valence-corrected chi connectivity index (χ2v) is 7.51. The van der Waals surface area contributed by atoms with Gasteiger partial charge in [0.25, 0.3) is 0 Å². The van der Waals surface area contributed by atoms with E-state index in [9.17, 15) is 5.11 Å². The highest BCUT2D eigenvalue weighted by molar-refractivity contribution is 5.04. The zero-order valence-corrected chi connectivity index (χ0v) is 13.4. The molecule has 2 fully saturated rings. The van der Waals surface area contributed by atoms with Crippen LogP contribution in [-0.4, -0.2) is 21.0 Å². The van der Waals surface area contributed by atoms with E-state index in [1.165, 1.54) is 51.4 Å². The first-order valence-electron chi connectivity index (χ1n) is 8.89. The summed E-state index contributed by atoms with van der Waals surface area (Å²) < 4.78 is 2.16. The molecule has 21 heavy (non-hydrogen) atoms. The van der Waals surface area contributed by atoms with Crippen molar-refractivity contribution >= 4 is 0 Å². The summed E-state index contributed by atoms with van der Waals surface area (Å²) in [5.41, 5.74) is 1.17. The monoisotopic (exact) mass is 290 g/mol. The molecule has 1 atom stereocenters. The van der Waals surface area contributed by atoms with E-state index in [1.807, 2.05) is 0 Å². The van der Waals surface area contributed by atoms with Crippen LogP contribution in [0.5, 0.6) is 0 Å². The van der Waals surface area contributed by atoms with Crippen molar-refractivity contribution in [1.29, 1.82) is 0 Å². The minimum absolute atomic E-state index is 0.104. The fourth-order valence-corrected chi connectivity index (χ4v) is 4.17. The van der Waals surface area contributed by atoms with Crippen LogP contribution in [0, 0.1) is 5.41 Å². The van der Waals surface area contributed by atoms with Gasteiger partial charge in [-0.15, -0.1) is 0 Å². The summed E-state index contributed by atoms with van der Waals surface area (Å²) in [6, 6.07) is 2.71. The topological polar surface area (TPSA) is 38.0 Å². The Hall–Kier alpha value is -0.830.